The van der Waals surface area contributed by atoms with Crippen LogP contribution in [0.3, 0.4) is 0 Å². The van der Waals surface area contributed by atoms with E-state index in [0.29, 0.717) is 64.0 Å². The Balaban J connectivity index is 1.26. The first-order valence-electron chi connectivity index (χ1n) is 16.4. The minimum atomic E-state index is -4.95. The molecule has 11 nitrogen and oxygen atoms in total. The molecule has 1 fully saturated rings. The van der Waals surface area contributed by atoms with E-state index in [2.05, 4.69) is 15.3 Å². The third-order valence-electron chi connectivity index (χ3n) is 9.46. The summed E-state index contributed by atoms with van der Waals surface area (Å²) < 4.78 is 61.1. The Morgan fingerprint density at radius 3 is 2.45 bits per heavy atom. The van der Waals surface area contributed by atoms with E-state index >= 15 is 0 Å². The van der Waals surface area contributed by atoms with Crippen molar-refractivity contribution in [2.75, 3.05) is 25.6 Å². The number of anilines is 2. The van der Waals surface area contributed by atoms with Crippen LogP contribution in [0.1, 0.15) is 35.4 Å². The SMILES string of the molecule is COc1nc(-c2cccc(-c3cccc(Nc4nc(C(F)(F)F)nc5c4c(=O)n(C)c(=O)n5C)c3C)c2Cl)cc2c1CC(O[C@@H]1CCCOC1)C2. The number of rotatable bonds is 7. The number of ether oxygens (including phenoxy) is 3. The molecule has 0 radical (unpaired) electrons. The zero-order chi connectivity index (χ0) is 36.2. The van der Waals surface area contributed by atoms with Gasteiger partial charge in [0.05, 0.1) is 36.6 Å². The predicted octanol–water partition coefficient (Wildman–Crippen LogP) is 6.15. The monoisotopic (exact) mass is 722 g/mol. The quantitative estimate of drug-likeness (QED) is 0.211. The van der Waals surface area contributed by atoms with Crippen LogP contribution in [0.5, 0.6) is 5.88 Å². The standard InChI is InChI=1S/C36H34ClF3N6O5/c1-18-22(9-6-12-26(18)41-30-28-31(44-34(43-30)36(38,39)40)45(2)35(48)46(3)33(28)47)23-10-5-11-24(29(23)37)27-15-19-14-21(16-25(19)32(42-27)49-4)51-20-8-7-13-50-17-20/h5-6,9-12,15,20-21H,7-8,13-14,16-17H2,1-4H3,(H,41,43,44)/t20-,21?/m1/s1. The summed E-state index contributed by atoms with van der Waals surface area (Å²) in [5.41, 5.74) is 3.56. The zero-order valence-corrected chi connectivity index (χ0v) is 29.0. The summed E-state index contributed by atoms with van der Waals surface area (Å²) in [7, 11) is 4.06. The first kappa shape index (κ1) is 34.6. The van der Waals surface area contributed by atoms with E-state index in [0.717, 1.165) is 39.7 Å². The van der Waals surface area contributed by atoms with Gasteiger partial charge in [-0.1, -0.05) is 41.9 Å². The molecule has 2 aromatic carbocycles. The van der Waals surface area contributed by atoms with Gasteiger partial charge in [-0.05, 0) is 55.0 Å². The number of pyridine rings is 1. The highest BCUT2D eigenvalue weighted by atomic mass is 35.5. The largest absolute Gasteiger partial charge is 0.481 e. The van der Waals surface area contributed by atoms with E-state index in [9.17, 15) is 22.8 Å². The molecule has 2 aliphatic rings. The number of halogens is 4. The average molecular weight is 723 g/mol. The van der Waals surface area contributed by atoms with Gasteiger partial charge in [0.2, 0.25) is 11.7 Å². The molecule has 51 heavy (non-hydrogen) atoms. The summed E-state index contributed by atoms with van der Waals surface area (Å²) in [5, 5.41) is 3.06. The molecule has 1 aliphatic carbocycles. The second-order valence-electron chi connectivity index (χ2n) is 12.7. The summed E-state index contributed by atoms with van der Waals surface area (Å²) in [6.07, 6.45) is -1.56. The van der Waals surface area contributed by atoms with Crippen molar-refractivity contribution in [3.63, 3.8) is 0 Å². The molecule has 266 valence electrons. The van der Waals surface area contributed by atoms with Crippen LogP contribution in [0.4, 0.5) is 24.7 Å². The molecule has 1 saturated heterocycles. The number of aryl methyl sites for hydroxylation is 1. The van der Waals surface area contributed by atoms with E-state index in [-0.39, 0.29) is 17.6 Å². The van der Waals surface area contributed by atoms with Gasteiger partial charge in [-0.3, -0.25) is 13.9 Å². The predicted molar refractivity (Wildman–Crippen MR) is 186 cm³/mol. The molecule has 0 saturated carbocycles. The lowest BCUT2D eigenvalue weighted by atomic mass is 9.96. The lowest BCUT2D eigenvalue weighted by Crippen LogP contribution is -2.38. The van der Waals surface area contributed by atoms with Crippen molar-refractivity contribution in [3.8, 4) is 28.3 Å². The Bertz CT molecular complexity index is 2300. The highest BCUT2D eigenvalue weighted by molar-refractivity contribution is 6.36. The fraction of sp³-hybridized carbons (Fsp3) is 0.361. The molecule has 5 aromatic rings. The van der Waals surface area contributed by atoms with Crippen molar-refractivity contribution in [3.05, 3.63) is 90.8 Å². The molecule has 1 aliphatic heterocycles. The summed E-state index contributed by atoms with van der Waals surface area (Å²) in [5.74, 6) is -1.38. The van der Waals surface area contributed by atoms with E-state index in [1.165, 1.54) is 14.1 Å². The molecule has 1 unspecified atom stereocenters. The maximum absolute atomic E-state index is 13.9. The summed E-state index contributed by atoms with van der Waals surface area (Å²) in [6, 6.07) is 12.8. The van der Waals surface area contributed by atoms with Crippen LogP contribution in [0.25, 0.3) is 33.4 Å². The van der Waals surface area contributed by atoms with E-state index in [1.807, 2.05) is 30.3 Å². The second-order valence-corrected chi connectivity index (χ2v) is 13.1. The Kier molecular flexibility index (Phi) is 9.10. The molecule has 15 heteroatoms. The minimum Gasteiger partial charge on any atom is -0.481 e. The molecule has 2 atom stereocenters. The van der Waals surface area contributed by atoms with Crippen LogP contribution < -0.4 is 21.3 Å². The Morgan fingerprint density at radius 2 is 1.73 bits per heavy atom. The lowest BCUT2D eigenvalue weighted by molar-refractivity contribution is -0.144. The maximum Gasteiger partial charge on any atom is 0.451 e. The van der Waals surface area contributed by atoms with Crippen molar-refractivity contribution in [2.45, 2.75) is 51.0 Å². The number of hydrogen-bond donors (Lipinski definition) is 1. The van der Waals surface area contributed by atoms with Crippen LogP contribution in [0.15, 0.2) is 52.1 Å². The van der Waals surface area contributed by atoms with E-state index in [4.69, 9.17) is 30.8 Å². The molecular formula is C36H34ClF3N6O5. The normalized spacial score (nSPS) is 17.5. The van der Waals surface area contributed by atoms with Gasteiger partial charge in [0.25, 0.3) is 5.56 Å². The first-order chi connectivity index (χ1) is 24.3. The number of alkyl halides is 3. The topological polar surface area (TPSA) is 122 Å². The zero-order valence-electron chi connectivity index (χ0n) is 28.2. The number of nitrogens with one attached hydrogen (secondary N) is 1. The number of fused-ring (bicyclic) bond motifs is 2. The van der Waals surface area contributed by atoms with E-state index < -0.39 is 34.7 Å². The number of benzene rings is 2. The molecule has 1 N–H and O–H groups in total. The van der Waals surface area contributed by atoms with Gasteiger partial charge in [-0.2, -0.15) is 13.2 Å². The maximum atomic E-state index is 13.9. The Hall–Kier alpha value is -4.79. The van der Waals surface area contributed by atoms with Crippen LogP contribution in [0, 0.1) is 6.92 Å². The molecule has 0 spiro atoms. The van der Waals surface area contributed by atoms with Gasteiger partial charge in [-0.15, -0.1) is 0 Å². The molecule has 0 amide bonds. The van der Waals surface area contributed by atoms with Gasteiger partial charge in [0, 0.05) is 49.5 Å². The van der Waals surface area contributed by atoms with Crippen LogP contribution in [-0.2, 0) is 42.6 Å². The van der Waals surface area contributed by atoms with Crippen molar-refractivity contribution in [2.24, 2.45) is 14.1 Å². The highest BCUT2D eigenvalue weighted by Crippen LogP contribution is 2.42. The third-order valence-corrected chi connectivity index (χ3v) is 9.87. The fourth-order valence-corrected chi connectivity index (χ4v) is 7.17. The molecule has 3 aromatic heterocycles. The fourth-order valence-electron chi connectivity index (χ4n) is 6.84. The summed E-state index contributed by atoms with van der Waals surface area (Å²) in [6.45, 7) is 3.13. The van der Waals surface area contributed by atoms with Gasteiger partial charge >= 0.3 is 11.9 Å². The van der Waals surface area contributed by atoms with Gasteiger partial charge < -0.3 is 19.5 Å². The molecular weight excluding hydrogens is 689 g/mol. The average Bonchev–Trinajstić information content (AvgIpc) is 3.52. The molecule has 0 bridgehead atoms. The minimum absolute atomic E-state index is 0.0124. The van der Waals surface area contributed by atoms with Gasteiger partial charge in [0.1, 0.15) is 11.2 Å². The number of nitrogens with zero attached hydrogens (tertiary/aromatic N) is 5. The van der Waals surface area contributed by atoms with Gasteiger partial charge in [0.15, 0.2) is 5.65 Å². The molecule has 7 rings (SSSR count). The van der Waals surface area contributed by atoms with Crippen LogP contribution >= 0.6 is 11.6 Å². The number of aromatic nitrogens is 5. The number of methoxy groups -OCH3 is 1. The first-order valence-corrected chi connectivity index (χ1v) is 16.7. The van der Waals surface area contributed by atoms with Crippen molar-refractivity contribution < 1.29 is 27.4 Å². The molecule has 4 heterocycles. The summed E-state index contributed by atoms with van der Waals surface area (Å²) in [4.78, 5) is 37.8. The van der Waals surface area contributed by atoms with Crippen molar-refractivity contribution in [1.29, 1.82) is 0 Å². The Morgan fingerprint density at radius 1 is 0.980 bits per heavy atom. The third kappa shape index (κ3) is 6.36. The van der Waals surface area contributed by atoms with Gasteiger partial charge in [-0.25, -0.2) is 19.7 Å². The van der Waals surface area contributed by atoms with E-state index in [1.54, 1.807) is 26.2 Å². The second kappa shape index (κ2) is 13.4. The smallest absolute Gasteiger partial charge is 0.451 e. The summed E-state index contributed by atoms with van der Waals surface area (Å²) >= 11 is 7.12. The van der Waals surface area contributed by atoms with Crippen LogP contribution in [0.2, 0.25) is 5.02 Å². The Labute approximate surface area is 295 Å². The van der Waals surface area contributed by atoms with Crippen molar-refractivity contribution in [1.82, 2.24) is 24.1 Å². The lowest BCUT2D eigenvalue weighted by Gasteiger charge is -2.25. The highest BCUT2D eigenvalue weighted by Gasteiger charge is 2.37. The van der Waals surface area contributed by atoms with Crippen molar-refractivity contribution >= 4 is 34.1 Å². The van der Waals surface area contributed by atoms with Crippen LogP contribution in [-0.4, -0.2) is 56.6 Å². The number of hydrogen-bond acceptors (Lipinski definition) is 9.